The van der Waals surface area contributed by atoms with Gasteiger partial charge in [0.1, 0.15) is 0 Å². The van der Waals surface area contributed by atoms with Crippen molar-refractivity contribution in [1.82, 2.24) is 0 Å². The predicted octanol–water partition coefficient (Wildman–Crippen LogP) is 2.71. The molecule has 0 bridgehead atoms. The second kappa shape index (κ2) is 4.17. The van der Waals surface area contributed by atoms with Gasteiger partial charge in [0.25, 0.3) is 0 Å². The Bertz CT molecular complexity index is 220. The summed E-state index contributed by atoms with van der Waals surface area (Å²) in [5.41, 5.74) is 0.293. The minimum atomic E-state index is -0.950. The van der Waals surface area contributed by atoms with Gasteiger partial charge in [-0.05, 0) is 30.5 Å². The topological polar surface area (TPSA) is 29.5 Å². The molecule has 0 aromatic carbocycles. The van der Waals surface area contributed by atoms with Crippen LogP contribution in [0.5, 0.6) is 0 Å². The fraction of sp³-hybridized carbons (Fsp3) is 0.818. The fourth-order valence-electron chi connectivity index (χ4n) is 1.81. The Labute approximate surface area is 88.7 Å². The first-order chi connectivity index (χ1) is 6.31. The van der Waals surface area contributed by atoms with Gasteiger partial charge in [0, 0.05) is 6.42 Å². The van der Waals surface area contributed by atoms with Crippen LogP contribution in [0.15, 0.2) is 12.2 Å². The zero-order valence-electron chi connectivity index (χ0n) is 9.63. The molecule has 1 aliphatic carbocycles. The van der Waals surface area contributed by atoms with Gasteiger partial charge >= 0.3 is 0 Å². The third-order valence-corrected chi connectivity index (χ3v) is 4.44. The molecule has 0 saturated carbocycles. The van der Waals surface area contributed by atoms with Crippen LogP contribution in [0.3, 0.4) is 0 Å². The molecule has 1 radical (unpaired) electrons. The lowest BCUT2D eigenvalue weighted by molar-refractivity contribution is -0.0968. The first-order valence-electron chi connectivity index (χ1n) is 5.22. The highest BCUT2D eigenvalue weighted by atomic mass is 28.3. The maximum Gasteiger partial charge on any atom is 0.213 e. The van der Waals surface area contributed by atoms with Crippen molar-refractivity contribution in [3.05, 3.63) is 12.2 Å². The molecule has 14 heavy (non-hydrogen) atoms. The maximum absolute atomic E-state index is 9.97. The van der Waals surface area contributed by atoms with Crippen LogP contribution in [0.2, 0.25) is 12.6 Å². The Balaban J connectivity index is 2.40. The van der Waals surface area contributed by atoms with Crippen LogP contribution in [0.1, 0.15) is 33.6 Å². The highest BCUT2D eigenvalue weighted by molar-refractivity contribution is 6.50. The van der Waals surface area contributed by atoms with E-state index in [1.54, 1.807) is 6.08 Å². The van der Waals surface area contributed by atoms with Crippen molar-refractivity contribution in [2.45, 2.75) is 52.0 Å². The number of hydrogen-bond donors (Lipinski definition) is 1. The van der Waals surface area contributed by atoms with E-state index in [1.165, 1.54) is 0 Å². The molecule has 0 unspecified atom stereocenters. The first-order valence-corrected chi connectivity index (χ1v) is 7.34. The summed E-state index contributed by atoms with van der Waals surface area (Å²) in [4.78, 5) is 0. The molecule has 0 aromatic heterocycles. The zero-order valence-corrected chi connectivity index (χ0v) is 10.6. The van der Waals surface area contributed by atoms with Gasteiger partial charge in [-0.1, -0.05) is 26.8 Å². The van der Waals surface area contributed by atoms with E-state index in [1.807, 2.05) is 6.08 Å². The average molecular weight is 213 g/mol. The van der Waals surface area contributed by atoms with Gasteiger partial charge in [-0.15, -0.1) is 0 Å². The van der Waals surface area contributed by atoms with Crippen LogP contribution in [0.4, 0.5) is 0 Å². The molecule has 81 valence electrons. The number of hydrogen-bond acceptors (Lipinski definition) is 2. The smallest absolute Gasteiger partial charge is 0.213 e. The molecule has 0 fully saturated rings. The van der Waals surface area contributed by atoms with Crippen LogP contribution in [0, 0.1) is 5.41 Å². The second-order valence-electron chi connectivity index (χ2n) is 5.33. The Kier molecular flexibility index (Phi) is 3.56. The van der Waals surface area contributed by atoms with Crippen molar-refractivity contribution in [3.63, 3.8) is 0 Å². The summed E-state index contributed by atoms with van der Waals surface area (Å²) < 4.78 is 5.75. The summed E-state index contributed by atoms with van der Waals surface area (Å²) in [6.07, 6.45) is 5.44. The SMILES string of the molecule is C[Si](CC(C)(C)C)O[C@@]1(O)C=CCC1. The zero-order chi connectivity index (χ0) is 10.8. The predicted molar refractivity (Wildman–Crippen MR) is 60.3 cm³/mol. The van der Waals surface area contributed by atoms with Crippen LogP contribution in [0.25, 0.3) is 0 Å². The summed E-state index contributed by atoms with van der Waals surface area (Å²) in [5, 5.41) is 9.97. The lowest BCUT2D eigenvalue weighted by Crippen LogP contribution is -2.35. The summed E-state index contributed by atoms with van der Waals surface area (Å²) in [5.74, 6) is -0.950. The highest BCUT2D eigenvalue weighted by Crippen LogP contribution is 2.28. The van der Waals surface area contributed by atoms with E-state index in [2.05, 4.69) is 27.3 Å². The first kappa shape index (κ1) is 11.9. The molecule has 1 aliphatic rings. The number of rotatable bonds is 3. The third-order valence-electron chi connectivity index (χ3n) is 2.18. The van der Waals surface area contributed by atoms with E-state index in [4.69, 9.17) is 4.43 Å². The van der Waals surface area contributed by atoms with E-state index < -0.39 is 14.8 Å². The fourth-order valence-corrected chi connectivity index (χ4v) is 4.15. The molecule has 0 amide bonds. The Morgan fingerprint density at radius 1 is 1.50 bits per heavy atom. The van der Waals surface area contributed by atoms with Crippen LogP contribution < -0.4 is 0 Å². The van der Waals surface area contributed by atoms with E-state index in [0.29, 0.717) is 5.41 Å². The van der Waals surface area contributed by atoms with Gasteiger partial charge in [0.15, 0.2) is 5.79 Å². The summed E-state index contributed by atoms with van der Waals surface area (Å²) >= 11 is 0. The normalized spacial score (nSPS) is 27.6. The molecular formula is C11H21O2Si. The minimum Gasteiger partial charge on any atom is -0.387 e. The molecule has 0 spiro atoms. The van der Waals surface area contributed by atoms with Crippen LogP contribution in [-0.2, 0) is 4.43 Å². The largest absolute Gasteiger partial charge is 0.387 e. The highest BCUT2D eigenvalue weighted by Gasteiger charge is 2.31. The van der Waals surface area contributed by atoms with Gasteiger partial charge < -0.3 is 9.53 Å². The van der Waals surface area contributed by atoms with Gasteiger partial charge in [-0.3, -0.25) is 0 Å². The van der Waals surface area contributed by atoms with E-state index in [-0.39, 0.29) is 0 Å². The Hall–Kier alpha value is -0.123. The van der Waals surface area contributed by atoms with Crippen molar-refractivity contribution in [1.29, 1.82) is 0 Å². The van der Waals surface area contributed by atoms with Gasteiger partial charge in [0.2, 0.25) is 9.04 Å². The van der Waals surface area contributed by atoms with E-state index in [9.17, 15) is 5.11 Å². The molecular weight excluding hydrogens is 192 g/mol. The van der Waals surface area contributed by atoms with Crippen molar-refractivity contribution in [2.24, 2.45) is 5.41 Å². The van der Waals surface area contributed by atoms with E-state index >= 15 is 0 Å². The van der Waals surface area contributed by atoms with Crippen molar-refractivity contribution in [2.75, 3.05) is 0 Å². The monoisotopic (exact) mass is 213 g/mol. The van der Waals surface area contributed by atoms with E-state index in [0.717, 1.165) is 18.9 Å². The quantitative estimate of drug-likeness (QED) is 0.444. The molecule has 3 heteroatoms. The molecule has 1 atom stereocenters. The molecule has 0 heterocycles. The van der Waals surface area contributed by atoms with Crippen LogP contribution in [-0.4, -0.2) is 19.9 Å². The molecule has 1 N–H and O–H groups in total. The van der Waals surface area contributed by atoms with Gasteiger partial charge in [-0.25, -0.2) is 0 Å². The Morgan fingerprint density at radius 2 is 2.14 bits per heavy atom. The maximum atomic E-state index is 9.97. The third kappa shape index (κ3) is 3.94. The van der Waals surface area contributed by atoms with Crippen molar-refractivity contribution in [3.8, 4) is 0 Å². The molecule has 0 aliphatic heterocycles. The number of allylic oxidation sites excluding steroid dienone is 1. The molecule has 0 aromatic rings. The summed E-state index contributed by atoms with van der Waals surface area (Å²) in [6, 6.07) is 1.06. The molecule has 1 rings (SSSR count). The lowest BCUT2D eigenvalue weighted by Gasteiger charge is -2.28. The van der Waals surface area contributed by atoms with Crippen LogP contribution >= 0.6 is 0 Å². The average Bonchev–Trinajstić information content (AvgIpc) is 2.30. The minimum absolute atomic E-state index is 0.293. The lowest BCUT2D eigenvalue weighted by atomic mass is 10.0. The van der Waals surface area contributed by atoms with Gasteiger partial charge in [0.05, 0.1) is 0 Å². The number of aliphatic hydroxyl groups is 1. The summed E-state index contributed by atoms with van der Waals surface area (Å²) in [6.45, 7) is 8.75. The van der Waals surface area contributed by atoms with Crippen molar-refractivity contribution < 1.29 is 9.53 Å². The standard InChI is InChI=1S/C11H21O2Si/c1-10(2,3)9-14(4)13-11(12)7-5-6-8-11/h5,7,12H,6,8-9H2,1-4H3/t11-/m0/s1. The Morgan fingerprint density at radius 3 is 2.57 bits per heavy atom. The van der Waals surface area contributed by atoms with Gasteiger partial charge in [-0.2, -0.15) is 0 Å². The second-order valence-corrected chi connectivity index (χ2v) is 7.29. The summed E-state index contributed by atoms with van der Waals surface area (Å²) in [7, 11) is -0.889. The molecule has 0 saturated heterocycles. The molecule has 2 nitrogen and oxygen atoms in total. The van der Waals surface area contributed by atoms with Crippen molar-refractivity contribution >= 4 is 9.04 Å².